The maximum absolute atomic E-state index is 12.5. The van der Waals surface area contributed by atoms with Crippen LogP contribution in [0.3, 0.4) is 0 Å². The molecule has 1 aliphatic rings. The van der Waals surface area contributed by atoms with Crippen molar-refractivity contribution in [1.82, 2.24) is 15.8 Å². The number of hydrogen-bond acceptors (Lipinski definition) is 5. The van der Waals surface area contributed by atoms with Crippen molar-refractivity contribution in [1.29, 1.82) is 0 Å². The van der Waals surface area contributed by atoms with Gasteiger partial charge in [-0.3, -0.25) is 4.79 Å². The van der Waals surface area contributed by atoms with Gasteiger partial charge in [-0.25, -0.2) is 15.8 Å². The Morgan fingerprint density at radius 2 is 2.04 bits per heavy atom. The minimum atomic E-state index is -0.255. The summed E-state index contributed by atoms with van der Waals surface area (Å²) in [5.74, 6) is -0.0264. The molecule has 2 aromatic carbocycles. The van der Waals surface area contributed by atoms with E-state index in [4.69, 9.17) is 0 Å². The Labute approximate surface area is 144 Å². The molecule has 0 bridgehead atoms. The highest BCUT2D eigenvalue weighted by molar-refractivity contribution is 7.18. The second-order valence-corrected chi connectivity index (χ2v) is 7.18. The lowest BCUT2D eigenvalue weighted by atomic mass is 10.0. The third kappa shape index (κ3) is 3.03. The van der Waals surface area contributed by atoms with Crippen molar-refractivity contribution >= 4 is 33.1 Å². The number of rotatable bonds is 3. The fourth-order valence-electron chi connectivity index (χ4n) is 2.98. The summed E-state index contributed by atoms with van der Waals surface area (Å²) in [5.41, 5.74) is 9.26. The highest BCUT2D eigenvalue weighted by Crippen LogP contribution is 2.26. The molecule has 5 nitrogen and oxygen atoms in total. The number of fused-ring (bicyclic) bond motifs is 1. The average Bonchev–Trinajstić information content (AvgIpc) is 3.21. The van der Waals surface area contributed by atoms with E-state index < -0.39 is 0 Å². The molecule has 1 aromatic heterocycles. The highest BCUT2D eigenvalue weighted by Gasteiger charge is 2.30. The summed E-state index contributed by atoms with van der Waals surface area (Å²) in [6, 6.07) is 15.9. The van der Waals surface area contributed by atoms with Gasteiger partial charge < -0.3 is 5.32 Å². The topological polar surface area (TPSA) is 66.0 Å². The maximum Gasteiger partial charge on any atom is 0.242 e. The minimum Gasteiger partial charge on any atom is -0.325 e. The first kappa shape index (κ1) is 15.3. The van der Waals surface area contributed by atoms with Crippen LogP contribution in [0, 0.1) is 6.92 Å². The van der Waals surface area contributed by atoms with E-state index in [0.717, 1.165) is 27.3 Å². The molecule has 6 heteroatoms. The van der Waals surface area contributed by atoms with Gasteiger partial charge in [0.1, 0.15) is 6.04 Å². The number of aromatic nitrogens is 1. The molecule has 0 radical (unpaired) electrons. The molecule has 3 N–H and O–H groups in total. The molecule has 0 aliphatic carbocycles. The number of aryl methyl sites for hydroxylation is 1. The molecule has 1 fully saturated rings. The normalized spacial score (nSPS) is 20.4. The van der Waals surface area contributed by atoms with Gasteiger partial charge in [0.25, 0.3) is 0 Å². The predicted octanol–water partition coefficient (Wildman–Crippen LogP) is 3.15. The molecule has 24 heavy (non-hydrogen) atoms. The Morgan fingerprint density at radius 3 is 2.88 bits per heavy atom. The molecule has 1 aliphatic heterocycles. The molecule has 0 saturated carbocycles. The fraction of sp³-hybridized carbons (Fsp3) is 0.222. The summed E-state index contributed by atoms with van der Waals surface area (Å²) >= 11 is 1.63. The SMILES string of the molecule is Cc1nc2ccc(NC(=O)C3CC(c4ccccc4)NN3)cc2s1. The smallest absolute Gasteiger partial charge is 0.242 e. The molecule has 122 valence electrons. The first-order valence-corrected chi connectivity index (χ1v) is 8.75. The number of amides is 1. The lowest BCUT2D eigenvalue weighted by molar-refractivity contribution is -0.117. The van der Waals surface area contributed by atoms with Crippen LogP contribution in [0.15, 0.2) is 48.5 Å². The zero-order valence-electron chi connectivity index (χ0n) is 13.2. The van der Waals surface area contributed by atoms with E-state index in [1.54, 1.807) is 11.3 Å². The number of hydrogen-bond donors (Lipinski definition) is 3. The van der Waals surface area contributed by atoms with Crippen LogP contribution in [0.25, 0.3) is 10.2 Å². The van der Waals surface area contributed by atoms with Crippen LogP contribution in [0.2, 0.25) is 0 Å². The number of hydrazine groups is 1. The second kappa shape index (κ2) is 6.32. The fourth-order valence-corrected chi connectivity index (χ4v) is 3.85. The molecule has 2 atom stereocenters. The van der Waals surface area contributed by atoms with Crippen molar-refractivity contribution in [2.75, 3.05) is 5.32 Å². The van der Waals surface area contributed by atoms with Crippen LogP contribution in [0.5, 0.6) is 0 Å². The van der Waals surface area contributed by atoms with Crippen molar-refractivity contribution in [3.8, 4) is 0 Å². The summed E-state index contributed by atoms with van der Waals surface area (Å²) in [6.07, 6.45) is 0.720. The monoisotopic (exact) mass is 338 g/mol. The number of thiazole rings is 1. The van der Waals surface area contributed by atoms with E-state index in [1.165, 1.54) is 5.56 Å². The van der Waals surface area contributed by atoms with E-state index in [0.29, 0.717) is 0 Å². The summed E-state index contributed by atoms with van der Waals surface area (Å²) in [5, 5.41) is 4.02. The highest BCUT2D eigenvalue weighted by atomic mass is 32.1. The largest absolute Gasteiger partial charge is 0.325 e. The number of carbonyl (C=O) groups excluding carboxylic acids is 1. The molecule has 0 spiro atoms. The van der Waals surface area contributed by atoms with Crippen LogP contribution < -0.4 is 16.2 Å². The zero-order valence-corrected chi connectivity index (χ0v) is 14.1. The Bertz CT molecular complexity index is 877. The molecule has 1 amide bonds. The third-order valence-electron chi connectivity index (χ3n) is 4.18. The van der Waals surface area contributed by atoms with Gasteiger partial charge in [0.2, 0.25) is 5.91 Å². The van der Waals surface area contributed by atoms with E-state index in [2.05, 4.69) is 33.3 Å². The minimum absolute atomic E-state index is 0.0264. The Kier molecular flexibility index (Phi) is 4.02. The van der Waals surface area contributed by atoms with E-state index in [1.807, 2.05) is 43.3 Å². The lowest BCUT2D eigenvalue weighted by Gasteiger charge is -2.10. The van der Waals surface area contributed by atoms with Crippen molar-refractivity contribution in [3.63, 3.8) is 0 Å². The van der Waals surface area contributed by atoms with Gasteiger partial charge >= 0.3 is 0 Å². The standard InChI is InChI=1S/C18H18N4OS/c1-11-19-14-8-7-13(9-17(14)24-11)20-18(23)16-10-15(21-22-16)12-5-3-2-4-6-12/h2-9,15-16,21-22H,10H2,1H3,(H,20,23). The molecule has 3 aromatic rings. The quantitative estimate of drug-likeness (QED) is 0.686. The van der Waals surface area contributed by atoms with Gasteiger partial charge in [0.15, 0.2) is 0 Å². The maximum atomic E-state index is 12.5. The number of nitrogens with zero attached hydrogens (tertiary/aromatic N) is 1. The third-order valence-corrected chi connectivity index (χ3v) is 5.12. The van der Waals surface area contributed by atoms with Crippen LogP contribution >= 0.6 is 11.3 Å². The molecule has 2 heterocycles. The van der Waals surface area contributed by atoms with Gasteiger partial charge in [-0.2, -0.15) is 0 Å². The van der Waals surface area contributed by atoms with Crippen molar-refractivity contribution in [2.24, 2.45) is 0 Å². The van der Waals surface area contributed by atoms with E-state index in [-0.39, 0.29) is 18.0 Å². The molecule has 1 saturated heterocycles. The van der Waals surface area contributed by atoms with Crippen LogP contribution in [-0.2, 0) is 4.79 Å². The van der Waals surface area contributed by atoms with E-state index >= 15 is 0 Å². The predicted molar refractivity (Wildman–Crippen MR) is 96.8 cm³/mol. The lowest BCUT2D eigenvalue weighted by Crippen LogP contribution is -2.39. The first-order valence-electron chi connectivity index (χ1n) is 7.93. The summed E-state index contributed by atoms with van der Waals surface area (Å²) < 4.78 is 1.09. The molecular formula is C18H18N4OS. The zero-order chi connectivity index (χ0) is 16.5. The van der Waals surface area contributed by atoms with Crippen LogP contribution in [0.1, 0.15) is 23.0 Å². The molecular weight excluding hydrogens is 320 g/mol. The van der Waals surface area contributed by atoms with Gasteiger partial charge in [-0.05, 0) is 37.1 Å². The van der Waals surface area contributed by atoms with Crippen molar-refractivity contribution in [2.45, 2.75) is 25.4 Å². The van der Waals surface area contributed by atoms with Gasteiger partial charge in [0, 0.05) is 11.7 Å². The Balaban J connectivity index is 1.44. The number of nitrogens with one attached hydrogen (secondary N) is 3. The number of benzene rings is 2. The summed E-state index contributed by atoms with van der Waals surface area (Å²) in [7, 11) is 0. The van der Waals surface area contributed by atoms with Crippen LogP contribution in [-0.4, -0.2) is 16.9 Å². The van der Waals surface area contributed by atoms with Crippen molar-refractivity contribution in [3.05, 3.63) is 59.1 Å². The van der Waals surface area contributed by atoms with Crippen molar-refractivity contribution < 1.29 is 4.79 Å². The number of anilines is 1. The number of carbonyl (C=O) groups is 1. The Morgan fingerprint density at radius 1 is 1.21 bits per heavy atom. The summed E-state index contributed by atoms with van der Waals surface area (Å²) in [4.78, 5) is 16.9. The second-order valence-electron chi connectivity index (χ2n) is 5.94. The van der Waals surface area contributed by atoms with Gasteiger partial charge in [-0.15, -0.1) is 11.3 Å². The van der Waals surface area contributed by atoms with Crippen LogP contribution in [0.4, 0.5) is 5.69 Å². The molecule has 4 rings (SSSR count). The van der Waals surface area contributed by atoms with Gasteiger partial charge in [-0.1, -0.05) is 30.3 Å². The summed E-state index contributed by atoms with van der Waals surface area (Å²) in [6.45, 7) is 1.99. The average molecular weight is 338 g/mol. The van der Waals surface area contributed by atoms with E-state index in [9.17, 15) is 4.79 Å². The first-order chi connectivity index (χ1) is 11.7. The van der Waals surface area contributed by atoms with Gasteiger partial charge in [0.05, 0.1) is 15.2 Å². The Hall–Kier alpha value is -2.28. The molecule has 2 unspecified atom stereocenters.